The van der Waals surface area contributed by atoms with Gasteiger partial charge < -0.3 is 10.6 Å². The van der Waals surface area contributed by atoms with E-state index < -0.39 is 0 Å². The van der Waals surface area contributed by atoms with E-state index in [2.05, 4.69) is 15.5 Å². The van der Waals surface area contributed by atoms with Gasteiger partial charge >= 0.3 is 0 Å². The number of benzene rings is 1. The number of anilines is 1. The van der Waals surface area contributed by atoms with Crippen molar-refractivity contribution >= 4 is 23.2 Å². The van der Waals surface area contributed by atoms with Crippen molar-refractivity contribution in [3.8, 4) is 0 Å². The highest BCUT2D eigenvalue weighted by Crippen LogP contribution is 2.19. The Kier molecular flexibility index (Phi) is 5.40. The van der Waals surface area contributed by atoms with Crippen molar-refractivity contribution in [2.75, 3.05) is 32.0 Å². The molecule has 1 heterocycles. The summed E-state index contributed by atoms with van der Waals surface area (Å²) in [6.45, 7) is 4.34. The lowest BCUT2D eigenvalue weighted by molar-refractivity contribution is -0.117. The summed E-state index contributed by atoms with van der Waals surface area (Å²) in [7, 11) is 1.98. The molecule has 0 radical (unpaired) electrons. The number of halogens is 1. The average Bonchev–Trinajstić information content (AvgIpc) is 2.85. The van der Waals surface area contributed by atoms with E-state index in [4.69, 9.17) is 11.6 Å². The van der Waals surface area contributed by atoms with Crippen LogP contribution in [0.25, 0.3) is 0 Å². The number of likely N-dealkylation sites (N-methyl/N-ethyl adjacent to an activating group) is 1. The lowest BCUT2D eigenvalue weighted by Crippen LogP contribution is -2.39. The van der Waals surface area contributed by atoms with Crippen LogP contribution < -0.4 is 10.6 Å². The van der Waals surface area contributed by atoms with Gasteiger partial charge in [-0.05, 0) is 57.1 Å². The maximum Gasteiger partial charge on any atom is 0.238 e. The second-order valence-electron chi connectivity index (χ2n) is 5.50. The minimum atomic E-state index is 0.0101. The van der Waals surface area contributed by atoms with Crippen molar-refractivity contribution in [1.82, 2.24) is 10.2 Å². The van der Waals surface area contributed by atoms with Crippen molar-refractivity contribution in [3.63, 3.8) is 0 Å². The third-order valence-corrected chi connectivity index (χ3v) is 3.81. The van der Waals surface area contributed by atoms with Crippen LogP contribution in [-0.4, -0.2) is 43.5 Å². The van der Waals surface area contributed by atoms with Gasteiger partial charge in [0.15, 0.2) is 0 Å². The third kappa shape index (κ3) is 4.47. The smallest absolute Gasteiger partial charge is 0.238 e. The molecule has 0 aliphatic carbocycles. The Morgan fingerprint density at radius 2 is 2.35 bits per heavy atom. The first-order chi connectivity index (χ1) is 9.54. The quantitative estimate of drug-likeness (QED) is 0.876. The van der Waals surface area contributed by atoms with Crippen molar-refractivity contribution in [1.29, 1.82) is 0 Å². The Balaban J connectivity index is 1.82. The molecular formula is C15H22ClN3O. The first kappa shape index (κ1) is 15.3. The van der Waals surface area contributed by atoms with E-state index in [0.29, 0.717) is 17.6 Å². The van der Waals surface area contributed by atoms with Gasteiger partial charge in [-0.25, -0.2) is 0 Å². The van der Waals surface area contributed by atoms with E-state index >= 15 is 0 Å². The highest BCUT2D eigenvalue weighted by Gasteiger charge is 2.17. The first-order valence-electron chi connectivity index (χ1n) is 7.02. The molecule has 0 saturated carbocycles. The summed E-state index contributed by atoms with van der Waals surface area (Å²) < 4.78 is 0. The summed E-state index contributed by atoms with van der Waals surface area (Å²) in [5.74, 6) is 0.0101. The largest absolute Gasteiger partial charge is 0.325 e. The van der Waals surface area contributed by atoms with Crippen LogP contribution in [0.3, 0.4) is 0 Å². The monoisotopic (exact) mass is 295 g/mol. The summed E-state index contributed by atoms with van der Waals surface area (Å²) in [5, 5.41) is 7.06. The molecule has 0 bridgehead atoms. The van der Waals surface area contributed by atoms with Gasteiger partial charge in [-0.2, -0.15) is 0 Å². The number of rotatable bonds is 5. The van der Waals surface area contributed by atoms with E-state index in [1.165, 1.54) is 12.8 Å². The van der Waals surface area contributed by atoms with Crippen LogP contribution in [0, 0.1) is 6.92 Å². The van der Waals surface area contributed by atoms with Crippen molar-refractivity contribution in [2.24, 2.45) is 0 Å². The molecule has 5 heteroatoms. The van der Waals surface area contributed by atoms with Crippen LogP contribution in [0.2, 0.25) is 5.02 Å². The summed E-state index contributed by atoms with van der Waals surface area (Å²) in [6.07, 6.45) is 2.43. The molecular weight excluding hydrogens is 274 g/mol. The topological polar surface area (TPSA) is 44.4 Å². The molecule has 1 amide bonds. The number of hydrogen-bond acceptors (Lipinski definition) is 3. The van der Waals surface area contributed by atoms with Gasteiger partial charge in [-0.3, -0.25) is 9.69 Å². The molecule has 4 nitrogen and oxygen atoms in total. The van der Waals surface area contributed by atoms with Crippen molar-refractivity contribution < 1.29 is 4.79 Å². The zero-order valence-electron chi connectivity index (χ0n) is 12.1. The fourth-order valence-corrected chi connectivity index (χ4v) is 2.78. The van der Waals surface area contributed by atoms with E-state index in [1.807, 2.05) is 26.1 Å². The molecule has 1 saturated heterocycles. The van der Waals surface area contributed by atoms with Crippen LogP contribution in [0.4, 0.5) is 5.69 Å². The highest BCUT2D eigenvalue weighted by molar-refractivity contribution is 6.30. The minimum absolute atomic E-state index is 0.0101. The van der Waals surface area contributed by atoms with Crippen LogP contribution >= 0.6 is 11.6 Å². The maximum atomic E-state index is 12.0. The fraction of sp³-hybridized carbons (Fsp3) is 0.533. The van der Waals surface area contributed by atoms with Gasteiger partial charge in [0.25, 0.3) is 0 Å². The molecule has 20 heavy (non-hydrogen) atoms. The Labute approximate surface area is 125 Å². The van der Waals surface area contributed by atoms with E-state index in [9.17, 15) is 4.79 Å². The number of carbonyl (C=O) groups is 1. The summed E-state index contributed by atoms with van der Waals surface area (Å²) in [6, 6.07) is 6.00. The average molecular weight is 296 g/mol. The summed E-state index contributed by atoms with van der Waals surface area (Å²) >= 11 is 5.91. The summed E-state index contributed by atoms with van der Waals surface area (Å²) in [4.78, 5) is 14.1. The Morgan fingerprint density at radius 3 is 3.00 bits per heavy atom. The standard InChI is InChI=1S/C15H22ClN3O/c1-11-8-12(16)5-6-14(11)18-15(20)10-19(2)9-13-4-3-7-17-13/h5-6,8,13,17H,3-4,7,9-10H2,1-2H3,(H,18,20). The molecule has 1 unspecified atom stereocenters. The maximum absolute atomic E-state index is 12.0. The molecule has 110 valence electrons. The SMILES string of the molecule is Cc1cc(Cl)ccc1NC(=O)CN(C)CC1CCCN1. The number of nitrogens with one attached hydrogen (secondary N) is 2. The molecule has 1 fully saturated rings. The molecule has 2 rings (SSSR count). The van der Waals surface area contributed by atoms with Gasteiger partial charge in [-0.1, -0.05) is 11.6 Å². The Bertz CT molecular complexity index is 472. The zero-order chi connectivity index (χ0) is 14.5. The number of nitrogens with zero attached hydrogens (tertiary/aromatic N) is 1. The van der Waals surface area contributed by atoms with Gasteiger partial charge in [0.05, 0.1) is 6.54 Å². The van der Waals surface area contributed by atoms with Crippen molar-refractivity contribution in [2.45, 2.75) is 25.8 Å². The lowest BCUT2D eigenvalue weighted by Gasteiger charge is -2.20. The minimum Gasteiger partial charge on any atom is -0.325 e. The normalized spacial score (nSPS) is 18.5. The fourth-order valence-electron chi connectivity index (χ4n) is 2.56. The second kappa shape index (κ2) is 7.07. The molecule has 1 aliphatic heterocycles. The molecule has 0 aromatic heterocycles. The number of aryl methyl sites for hydroxylation is 1. The molecule has 2 N–H and O–H groups in total. The predicted octanol–water partition coefficient (Wildman–Crippen LogP) is 2.27. The van der Waals surface area contributed by atoms with Gasteiger partial charge in [0, 0.05) is 23.3 Å². The van der Waals surface area contributed by atoms with E-state index in [1.54, 1.807) is 6.07 Å². The molecule has 1 atom stereocenters. The number of carbonyl (C=O) groups excluding carboxylic acids is 1. The van der Waals surface area contributed by atoms with Gasteiger partial charge in [0.1, 0.15) is 0 Å². The third-order valence-electron chi connectivity index (χ3n) is 3.57. The number of hydrogen-bond donors (Lipinski definition) is 2. The van der Waals surface area contributed by atoms with E-state index in [0.717, 1.165) is 24.3 Å². The second-order valence-corrected chi connectivity index (χ2v) is 5.93. The first-order valence-corrected chi connectivity index (χ1v) is 7.40. The summed E-state index contributed by atoms with van der Waals surface area (Å²) in [5.41, 5.74) is 1.80. The van der Waals surface area contributed by atoms with E-state index in [-0.39, 0.29) is 5.91 Å². The van der Waals surface area contributed by atoms with Crippen LogP contribution in [-0.2, 0) is 4.79 Å². The van der Waals surface area contributed by atoms with Crippen molar-refractivity contribution in [3.05, 3.63) is 28.8 Å². The van der Waals surface area contributed by atoms with Crippen LogP contribution in [0.1, 0.15) is 18.4 Å². The van der Waals surface area contributed by atoms with Crippen LogP contribution in [0.15, 0.2) is 18.2 Å². The molecule has 1 aliphatic rings. The highest BCUT2D eigenvalue weighted by atomic mass is 35.5. The lowest BCUT2D eigenvalue weighted by atomic mass is 10.2. The molecule has 0 spiro atoms. The number of amides is 1. The van der Waals surface area contributed by atoms with Gasteiger partial charge in [-0.15, -0.1) is 0 Å². The molecule has 1 aromatic carbocycles. The van der Waals surface area contributed by atoms with Gasteiger partial charge in [0.2, 0.25) is 5.91 Å². The Morgan fingerprint density at radius 1 is 1.55 bits per heavy atom. The molecule has 1 aromatic rings. The predicted molar refractivity (Wildman–Crippen MR) is 83.3 cm³/mol. The van der Waals surface area contributed by atoms with Crippen LogP contribution in [0.5, 0.6) is 0 Å². The Hall–Kier alpha value is -1.10. The zero-order valence-corrected chi connectivity index (χ0v) is 12.8.